The van der Waals surface area contributed by atoms with Crippen molar-refractivity contribution in [3.8, 4) is 0 Å². The quantitative estimate of drug-likeness (QED) is 0.732. The van der Waals surface area contributed by atoms with Gasteiger partial charge in [0.1, 0.15) is 4.21 Å². The second-order valence-electron chi connectivity index (χ2n) is 9.28. The lowest BCUT2D eigenvalue weighted by molar-refractivity contribution is 0.0306. The highest BCUT2D eigenvalue weighted by atomic mass is 32.2. The zero-order chi connectivity index (χ0) is 20.7. The molecule has 8 heteroatoms. The first-order valence-corrected chi connectivity index (χ1v) is 13.7. The van der Waals surface area contributed by atoms with Gasteiger partial charge in [-0.05, 0) is 55.7 Å². The molecule has 4 atom stereocenters. The maximum atomic E-state index is 12.5. The molecule has 0 aromatic carbocycles. The standard InChI is InChI=1S/C22H32N4O2S2/c1-25-21(13-20(24-25)16-6-3-2-4-7-16)19-15-26-10-9-17(19)12-18(26)14-23-30(27,28)22-8-5-11-29-22/h5,8,11,13,16-19,23H,2-4,6-7,9-10,12,14-15H2,1H3/t17-,18+,19-/m0/s1. The summed E-state index contributed by atoms with van der Waals surface area (Å²) in [6.45, 7) is 2.59. The first kappa shape index (κ1) is 20.7. The van der Waals surface area contributed by atoms with Gasteiger partial charge in [0.25, 0.3) is 0 Å². The van der Waals surface area contributed by atoms with Gasteiger partial charge in [-0.15, -0.1) is 11.3 Å². The zero-order valence-electron chi connectivity index (χ0n) is 17.7. The van der Waals surface area contributed by atoms with E-state index < -0.39 is 10.0 Å². The van der Waals surface area contributed by atoms with Crippen LogP contribution in [0.2, 0.25) is 0 Å². The molecule has 3 aliphatic heterocycles. The number of nitrogens with zero attached hydrogens (tertiary/aromatic N) is 3. The van der Waals surface area contributed by atoms with E-state index in [2.05, 4.69) is 27.4 Å². The Bertz CT molecular complexity index is 963. The van der Waals surface area contributed by atoms with Gasteiger partial charge in [0.2, 0.25) is 10.0 Å². The van der Waals surface area contributed by atoms with Gasteiger partial charge in [-0.3, -0.25) is 9.58 Å². The first-order valence-electron chi connectivity index (χ1n) is 11.3. The minimum Gasteiger partial charge on any atom is -0.298 e. The predicted octanol–water partition coefficient (Wildman–Crippen LogP) is 3.69. The number of rotatable bonds is 6. The number of hydrogen-bond donors (Lipinski definition) is 1. The van der Waals surface area contributed by atoms with Crippen molar-refractivity contribution < 1.29 is 8.42 Å². The fraction of sp³-hybridized carbons (Fsp3) is 0.682. The Balaban J connectivity index is 1.25. The number of sulfonamides is 1. The van der Waals surface area contributed by atoms with E-state index in [1.807, 2.05) is 0 Å². The lowest BCUT2D eigenvalue weighted by Gasteiger charge is -2.49. The third-order valence-electron chi connectivity index (χ3n) is 7.49. The number of aromatic nitrogens is 2. The Morgan fingerprint density at radius 2 is 2.07 bits per heavy atom. The number of piperidine rings is 3. The molecular formula is C22H32N4O2S2. The Labute approximate surface area is 183 Å². The smallest absolute Gasteiger partial charge is 0.250 e. The van der Waals surface area contributed by atoms with Crippen LogP contribution in [-0.4, -0.2) is 48.8 Å². The average Bonchev–Trinajstić information content (AvgIpc) is 3.44. The Morgan fingerprint density at radius 1 is 1.23 bits per heavy atom. The van der Waals surface area contributed by atoms with Crippen molar-refractivity contribution in [2.24, 2.45) is 13.0 Å². The van der Waals surface area contributed by atoms with Crippen LogP contribution in [-0.2, 0) is 17.1 Å². The molecule has 6 rings (SSSR count). The molecule has 30 heavy (non-hydrogen) atoms. The van der Waals surface area contributed by atoms with Gasteiger partial charge < -0.3 is 0 Å². The maximum absolute atomic E-state index is 12.5. The molecule has 2 bridgehead atoms. The molecular weight excluding hydrogens is 416 g/mol. The molecule has 1 unspecified atom stereocenters. The molecule has 1 saturated carbocycles. The summed E-state index contributed by atoms with van der Waals surface area (Å²) in [6, 6.07) is 6.13. The summed E-state index contributed by atoms with van der Waals surface area (Å²) in [7, 11) is -1.28. The highest BCUT2D eigenvalue weighted by Gasteiger charge is 2.42. The second-order valence-corrected chi connectivity index (χ2v) is 12.2. The highest BCUT2D eigenvalue weighted by molar-refractivity contribution is 7.91. The number of fused-ring (bicyclic) bond motifs is 3. The molecule has 1 aliphatic carbocycles. The summed E-state index contributed by atoms with van der Waals surface area (Å²) in [5.74, 6) is 1.76. The van der Waals surface area contributed by atoms with E-state index >= 15 is 0 Å². The third kappa shape index (κ3) is 3.99. The predicted molar refractivity (Wildman–Crippen MR) is 119 cm³/mol. The molecule has 2 aromatic heterocycles. The van der Waals surface area contributed by atoms with Crippen LogP contribution in [0.5, 0.6) is 0 Å². The SMILES string of the molecule is Cn1nc(C2CCCCC2)cc1[C@H]1CN2CC[C@H]1C[C@@H]2CNS(=O)(=O)c1cccs1. The van der Waals surface area contributed by atoms with Gasteiger partial charge >= 0.3 is 0 Å². The Hall–Kier alpha value is -1.22. The molecule has 164 valence electrons. The summed E-state index contributed by atoms with van der Waals surface area (Å²) >= 11 is 1.27. The van der Waals surface area contributed by atoms with Crippen molar-refractivity contribution in [2.45, 2.75) is 67.0 Å². The van der Waals surface area contributed by atoms with Crippen LogP contribution in [0.25, 0.3) is 0 Å². The summed E-state index contributed by atoms with van der Waals surface area (Å²) in [5.41, 5.74) is 2.67. The minimum atomic E-state index is -3.39. The van der Waals surface area contributed by atoms with Crippen LogP contribution in [0.3, 0.4) is 0 Å². The molecule has 5 heterocycles. The van der Waals surface area contributed by atoms with Gasteiger partial charge in [-0.1, -0.05) is 25.3 Å². The van der Waals surface area contributed by atoms with Crippen molar-refractivity contribution >= 4 is 21.4 Å². The Morgan fingerprint density at radius 3 is 2.77 bits per heavy atom. The van der Waals surface area contributed by atoms with Crippen LogP contribution in [0.15, 0.2) is 27.8 Å². The van der Waals surface area contributed by atoms with Crippen LogP contribution in [0.1, 0.15) is 68.2 Å². The number of thiophene rings is 1. The second kappa shape index (κ2) is 8.37. The molecule has 2 aromatic rings. The van der Waals surface area contributed by atoms with E-state index in [9.17, 15) is 8.42 Å². The van der Waals surface area contributed by atoms with Gasteiger partial charge in [-0.25, -0.2) is 13.1 Å². The van der Waals surface area contributed by atoms with Crippen LogP contribution in [0.4, 0.5) is 0 Å². The van der Waals surface area contributed by atoms with Crippen molar-refractivity contribution in [1.82, 2.24) is 19.4 Å². The lowest BCUT2D eigenvalue weighted by Crippen LogP contribution is -2.56. The molecule has 0 radical (unpaired) electrons. The van der Waals surface area contributed by atoms with Crippen molar-refractivity contribution in [1.29, 1.82) is 0 Å². The Kier molecular flexibility index (Phi) is 5.77. The van der Waals surface area contributed by atoms with Gasteiger partial charge in [0, 0.05) is 43.7 Å². The number of nitrogens with one attached hydrogen (secondary N) is 1. The molecule has 4 fully saturated rings. The molecule has 3 saturated heterocycles. The van der Waals surface area contributed by atoms with Crippen LogP contribution in [0, 0.1) is 5.92 Å². The van der Waals surface area contributed by atoms with Crippen molar-refractivity contribution in [3.63, 3.8) is 0 Å². The van der Waals surface area contributed by atoms with Crippen molar-refractivity contribution in [3.05, 3.63) is 35.0 Å². The summed E-state index contributed by atoms with van der Waals surface area (Å²) in [4.78, 5) is 2.49. The normalized spacial score (nSPS) is 30.0. The first-order chi connectivity index (χ1) is 14.5. The van der Waals surface area contributed by atoms with Gasteiger partial charge in [0.05, 0.1) is 5.69 Å². The monoisotopic (exact) mass is 448 g/mol. The van der Waals surface area contributed by atoms with Crippen LogP contribution >= 0.6 is 11.3 Å². The van der Waals surface area contributed by atoms with E-state index in [1.165, 1.54) is 61.2 Å². The molecule has 0 amide bonds. The van der Waals surface area contributed by atoms with Crippen molar-refractivity contribution in [2.75, 3.05) is 19.6 Å². The van der Waals surface area contributed by atoms with E-state index in [0.29, 0.717) is 34.5 Å². The molecule has 4 aliphatic rings. The average molecular weight is 449 g/mol. The lowest BCUT2D eigenvalue weighted by atomic mass is 9.74. The largest absolute Gasteiger partial charge is 0.298 e. The maximum Gasteiger partial charge on any atom is 0.250 e. The van der Waals surface area contributed by atoms with E-state index in [1.54, 1.807) is 17.5 Å². The van der Waals surface area contributed by atoms with Gasteiger partial charge in [-0.2, -0.15) is 5.10 Å². The van der Waals surface area contributed by atoms with E-state index in [-0.39, 0.29) is 0 Å². The summed E-state index contributed by atoms with van der Waals surface area (Å²) in [6.07, 6.45) is 8.85. The highest BCUT2D eigenvalue weighted by Crippen LogP contribution is 2.43. The van der Waals surface area contributed by atoms with E-state index in [4.69, 9.17) is 5.10 Å². The molecule has 6 nitrogen and oxygen atoms in total. The number of hydrogen-bond acceptors (Lipinski definition) is 5. The summed E-state index contributed by atoms with van der Waals surface area (Å²) in [5, 5.41) is 6.72. The topological polar surface area (TPSA) is 67.2 Å². The minimum absolute atomic E-state index is 0.292. The summed E-state index contributed by atoms with van der Waals surface area (Å²) < 4.78 is 30.4. The third-order valence-corrected chi connectivity index (χ3v) is 10.3. The van der Waals surface area contributed by atoms with Crippen LogP contribution < -0.4 is 4.72 Å². The van der Waals surface area contributed by atoms with Gasteiger partial charge in [0.15, 0.2) is 0 Å². The molecule has 0 spiro atoms. The van der Waals surface area contributed by atoms with E-state index in [0.717, 1.165) is 19.5 Å². The fourth-order valence-electron chi connectivity index (χ4n) is 5.83. The fourth-order valence-corrected chi connectivity index (χ4v) is 7.94. The molecule has 1 N–H and O–H groups in total. The zero-order valence-corrected chi connectivity index (χ0v) is 19.3. The number of aryl methyl sites for hydroxylation is 1.